The fourth-order valence-electron chi connectivity index (χ4n) is 3.79. The number of likely N-dealkylation sites (tertiary alicyclic amines) is 1. The van der Waals surface area contributed by atoms with Crippen LogP contribution in [0, 0.1) is 5.92 Å². The number of carbonyl (C=O) groups is 3. The van der Waals surface area contributed by atoms with Gasteiger partial charge in [-0.15, -0.1) is 5.10 Å². The van der Waals surface area contributed by atoms with Crippen LogP contribution in [-0.4, -0.2) is 50.7 Å². The first-order valence-corrected chi connectivity index (χ1v) is 10.2. The molecule has 1 fully saturated rings. The molecule has 1 saturated heterocycles. The SMILES string of the molecule is CC(=O)Nc1ccc(NC(=O)C2CCN(C(=O)c3ccc4c(c3)nnn4C)CC2)cc1. The number of fused-ring (bicyclic) bond motifs is 1. The fourth-order valence-corrected chi connectivity index (χ4v) is 3.79. The van der Waals surface area contributed by atoms with Crippen LogP contribution in [0.15, 0.2) is 42.5 Å². The molecule has 2 N–H and O–H groups in total. The van der Waals surface area contributed by atoms with Gasteiger partial charge in [0.15, 0.2) is 0 Å². The minimum Gasteiger partial charge on any atom is -0.339 e. The van der Waals surface area contributed by atoms with Gasteiger partial charge in [0.05, 0.1) is 5.52 Å². The van der Waals surface area contributed by atoms with Crippen LogP contribution in [0.5, 0.6) is 0 Å². The fraction of sp³-hybridized carbons (Fsp3) is 0.318. The number of hydrogen-bond acceptors (Lipinski definition) is 5. The van der Waals surface area contributed by atoms with Gasteiger partial charge in [0.25, 0.3) is 5.91 Å². The highest BCUT2D eigenvalue weighted by molar-refractivity contribution is 5.98. The Labute approximate surface area is 179 Å². The number of benzene rings is 2. The summed E-state index contributed by atoms with van der Waals surface area (Å²) in [6.07, 6.45) is 1.21. The lowest BCUT2D eigenvalue weighted by Gasteiger charge is -2.31. The Morgan fingerprint density at radius 3 is 2.26 bits per heavy atom. The first-order chi connectivity index (χ1) is 14.9. The zero-order valence-electron chi connectivity index (χ0n) is 17.5. The van der Waals surface area contributed by atoms with Crippen molar-refractivity contribution < 1.29 is 14.4 Å². The number of aromatic nitrogens is 3. The molecule has 9 nitrogen and oxygen atoms in total. The quantitative estimate of drug-likeness (QED) is 0.674. The first kappa shape index (κ1) is 20.5. The van der Waals surface area contributed by atoms with Crippen LogP contribution in [0.2, 0.25) is 0 Å². The second kappa shape index (κ2) is 8.55. The van der Waals surface area contributed by atoms with E-state index in [4.69, 9.17) is 0 Å². The maximum Gasteiger partial charge on any atom is 0.253 e. The zero-order valence-corrected chi connectivity index (χ0v) is 17.5. The lowest BCUT2D eigenvalue weighted by Crippen LogP contribution is -2.41. The second-order valence-corrected chi connectivity index (χ2v) is 7.73. The van der Waals surface area contributed by atoms with E-state index >= 15 is 0 Å². The summed E-state index contributed by atoms with van der Waals surface area (Å²) in [6.45, 7) is 2.49. The number of aryl methyl sites for hydroxylation is 1. The van der Waals surface area contributed by atoms with E-state index in [9.17, 15) is 14.4 Å². The molecule has 1 aromatic heterocycles. The molecular weight excluding hydrogens is 396 g/mol. The number of carbonyl (C=O) groups excluding carboxylic acids is 3. The van der Waals surface area contributed by atoms with Crippen molar-refractivity contribution in [3.63, 3.8) is 0 Å². The molecule has 1 aliphatic rings. The summed E-state index contributed by atoms with van der Waals surface area (Å²) in [5.41, 5.74) is 3.49. The number of anilines is 2. The van der Waals surface area contributed by atoms with Gasteiger partial charge in [0.2, 0.25) is 11.8 Å². The summed E-state index contributed by atoms with van der Waals surface area (Å²) < 4.78 is 1.67. The molecule has 0 aliphatic carbocycles. The van der Waals surface area contributed by atoms with Gasteiger partial charge >= 0.3 is 0 Å². The molecule has 0 radical (unpaired) electrons. The molecule has 160 valence electrons. The maximum atomic E-state index is 12.9. The highest BCUT2D eigenvalue weighted by Gasteiger charge is 2.28. The predicted molar refractivity (Wildman–Crippen MR) is 117 cm³/mol. The van der Waals surface area contributed by atoms with E-state index in [0.717, 1.165) is 5.52 Å². The van der Waals surface area contributed by atoms with Crippen LogP contribution in [0.1, 0.15) is 30.1 Å². The van der Waals surface area contributed by atoms with Gasteiger partial charge in [0, 0.05) is 49.9 Å². The lowest BCUT2D eigenvalue weighted by atomic mass is 9.95. The van der Waals surface area contributed by atoms with E-state index in [1.54, 1.807) is 46.0 Å². The van der Waals surface area contributed by atoms with Crippen LogP contribution < -0.4 is 10.6 Å². The van der Waals surface area contributed by atoms with Crippen molar-refractivity contribution >= 4 is 40.1 Å². The topological polar surface area (TPSA) is 109 Å². The summed E-state index contributed by atoms with van der Waals surface area (Å²) in [6, 6.07) is 12.4. The average Bonchev–Trinajstić information content (AvgIpc) is 3.14. The van der Waals surface area contributed by atoms with E-state index in [1.807, 2.05) is 13.1 Å². The number of piperidine rings is 1. The first-order valence-electron chi connectivity index (χ1n) is 10.2. The molecule has 31 heavy (non-hydrogen) atoms. The number of rotatable bonds is 4. The van der Waals surface area contributed by atoms with E-state index < -0.39 is 0 Å². The average molecular weight is 420 g/mol. The van der Waals surface area contributed by atoms with Crippen molar-refractivity contribution in [3.8, 4) is 0 Å². The highest BCUT2D eigenvalue weighted by Crippen LogP contribution is 2.23. The molecule has 4 rings (SSSR count). The Kier molecular flexibility index (Phi) is 5.66. The van der Waals surface area contributed by atoms with Gasteiger partial charge in [-0.1, -0.05) is 5.21 Å². The van der Waals surface area contributed by atoms with Crippen LogP contribution in [0.25, 0.3) is 11.0 Å². The molecule has 2 aromatic carbocycles. The number of nitrogens with zero attached hydrogens (tertiary/aromatic N) is 4. The molecule has 0 bridgehead atoms. The Morgan fingerprint density at radius 1 is 0.968 bits per heavy atom. The Hall–Kier alpha value is -3.75. The molecule has 2 heterocycles. The van der Waals surface area contributed by atoms with E-state index in [2.05, 4.69) is 20.9 Å². The van der Waals surface area contributed by atoms with Gasteiger partial charge in [-0.05, 0) is 55.3 Å². The Balaban J connectivity index is 1.32. The molecule has 0 saturated carbocycles. The van der Waals surface area contributed by atoms with E-state index in [1.165, 1.54) is 6.92 Å². The predicted octanol–water partition coefficient (Wildman–Crippen LogP) is 2.42. The number of amides is 3. The Morgan fingerprint density at radius 2 is 1.61 bits per heavy atom. The third-order valence-electron chi connectivity index (χ3n) is 5.48. The van der Waals surface area contributed by atoms with Gasteiger partial charge < -0.3 is 15.5 Å². The molecule has 0 spiro atoms. The summed E-state index contributed by atoms with van der Waals surface area (Å²) in [4.78, 5) is 38.4. The van der Waals surface area contributed by atoms with Gasteiger partial charge in [0.1, 0.15) is 5.52 Å². The zero-order chi connectivity index (χ0) is 22.0. The van der Waals surface area contributed by atoms with Crippen molar-refractivity contribution in [1.82, 2.24) is 19.9 Å². The molecule has 9 heteroatoms. The monoisotopic (exact) mass is 420 g/mol. The standard InChI is InChI=1S/C22H24N6O3/c1-14(29)23-17-4-6-18(7-5-17)24-21(30)15-9-11-28(12-10-15)22(31)16-3-8-20-19(13-16)25-26-27(20)2/h3-8,13,15H,9-12H2,1-2H3,(H,23,29)(H,24,30). The van der Waals surface area contributed by atoms with Crippen molar-refractivity contribution in [3.05, 3.63) is 48.0 Å². The lowest BCUT2D eigenvalue weighted by molar-refractivity contribution is -0.121. The number of hydrogen-bond donors (Lipinski definition) is 2. The van der Waals surface area contributed by atoms with Crippen LogP contribution in [-0.2, 0) is 16.6 Å². The summed E-state index contributed by atoms with van der Waals surface area (Å²) in [5.74, 6) is -0.406. The minimum absolute atomic E-state index is 0.0552. The molecular formula is C22H24N6O3. The minimum atomic E-state index is -0.151. The summed E-state index contributed by atoms with van der Waals surface area (Å²) >= 11 is 0. The van der Waals surface area contributed by atoms with Crippen molar-refractivity contribution in [1.29, 1.82) is 0 Å². The van der Waals surface area contributed by atoms with E-state index in [-0.39, 0.29) is 23.6 Å². The maximum absolute atomic E-state index is 12.9. The van der Waals surface area contributed by atoms with Crippen molar-refractivity contribution in [2.45, 2.75) is 19.8 Å². The largest absolute Gasteiger partial charge is 0.339 e. The third-order valence-corrected chi connectivity index (χ3v) is 5.48. The van der Waals surface area contributed by atoms with Crippen LogP contribution in [0.3, 0.4) is 0 Å². The summed E-state index contributed by atoms with van der Waals surface area (Å²) in [5, 5.41) is 13.6. The normalized spacial score (nSPS) is 14.5. The molecule has 0 atom stereocenters. The molecule has 0 unspecified atom stereocenters. The van der Waals surface area contributed by atoms with Crippen LogP contribution >= 0.6 is 0 Å². The third kappa shape index (κ3) is 4.55. The molecule has 3 amide bonds. The van der Waals surface area contributed by atoms with Crippen molar-refractivity contribution in [2.24, 2.45) is 13.0 Å². The van der Waals surface area contributed by atoms with Crippen LogP contribution in [0.4, 0.5) is 11.4 Å². The molecule has 1 aliphatic heterocycles. The van der Waals surface area contributed by atoms with Gasteiger partial charge in [-0.2, -0.15) is 0 Å². The highest BCUT2D eigenvalue weighted by atomic mass is 16.2. The van der Waals surface area contributed by atoms with Crippen molar-refractivity contribution in [2.75, 3.05) is 23.7 Å². The molecule has 3 aromatic rings. The number of nitrogens with one attached hydrogen (secondary N) is 2. The van der Waals surface area contributed by atoms with Gasteiger partial charge in [-0.25, -0.2) is 4.68 Å². The van der Waals surface area contributed by atoms with E-state index in [0.29, 0.717) is 48.4 Å². The Bertz CT molecular complexity index is 1130. The second-order valence-electron chi connectivity index (χ2n) is 7.73. The smallest absolute Gasteiger partial charge is 0.253 e. The van der Waals surface area contributed by atoms with Gasteiger partial charge in [-0.3, -0.25) is 14.4 Å². The summed E-state index contributed by atoms with van der Waals surface area (Å²) in [7, 11) is 1.81.